The summed E-state index contributed by atoms with van der Waals surface area (Å²) in [6.07, 6.45) is -2.64. The number of nitrogens with two attached hydrogens (primary N) is 1. The molecular weight excluding hydrogens is 359 g/mol. The van der Waals surface area contributed by atoms with Crippen molar-refractivity contribution in [2.75, 3.05) is 11.6 Å². The lowest BCUT2D eigenvalue weighted by Crippen LogP contribution is -2.22. The zero-order chi connectivity index (χ0) is 18.7. The molecule has 0 saturated carbocycles. The normalized spacial score (nSPS) is 12.4. The second-order valence-electron chi connectivity index (χ2n) is 5.53. The molecule has 0 saturated heterocycles. The number of nitrogens with zero attached hydrogens (tertiary/aromatic N) is 1. The number of aliphatic imine (C=N–C) groups is 1. The van der Waals surface area contributed by atoms with Gasteiger partial charge < -0.3 is 11.1 Å². The molecule has 134 valence electrons. The van der Waals surface area contributed by atoms with Gasteiger partial charge >= 0.3 is 6.18 Å². The Hall–Kier alpha value is -2.67. The first-order chi connectivity index (χ1) is 12.4. The number of thioether (sulfide) groups is 1. The quantitative estimate of drug-likeness (QED) is 0.354. The van der Waals surface area contributed by atoms with Crippen molar-refractivity contribution in [3.63, 3.8) is 0 Å². The van der Waals surface area contributed by atoms with Crippen LogP contribution in [0.1, 0.15) is 5.56 Å². The number of rotatable bonds is 3. The van der Waals surface area contributed by atoms with E-state index in [4.69, 9.17) is 5.73 Å². The van der Waals surface area contributed by atoms with Crippen LogP contribution in [0.5, 0.6) is 0 Å². The number of nitrogens with one attached hydrogen (secondary N) is 1. The van der Waals surface area contributed by atoms with Crippen molar-refractivity contribution in [3.05, 3.63) is 66.2 Å². The molecule has 3 nitrogen and oxygen atoms in total. The molecule has 3 rings (SSSR count). The lowest BCUT2D eigenvalue weighted by Gasteiger charge is -2.14. The average Bonchev–Trinajstić information content (AvgIpc) is 2.61. The molecule has 0 fully saturated rings. The molecule has 0 aliphatic heterocycles. The van der Waals surface area contributed by atoms with Crippen molar-refractivity contribution in [1.82, 2.24) is 0 Å². The standard InChI is InChI=1S/C19H16F3N3S/c1-26-17-10-9-13(19(20,21)22)11-16(17)25-18(23)24-15-8-4-6-12-5-2-3-7-14(12)15/h2-11H,1H3,(H3,23,24,25). The number of alkyl halides is 3. The first-order valence-electron chi connectivity index (χ1n) is 7.72. The van der Waals surface area contributed by atoms with Crippen LogP contribution >= 0.6 is 11.8 Å². The number of guanidine groups is 1. The summed E-state index contributed by atoms with van der Waals surface area (Å²) in [5.74, 6) is 0.0241. The number of halogens is 3. The Morgan fingerprint density at radius 3 is 2.50 bits per heavy atom. The van der Waals surface area contributed by atoms with Crippen LogP contribution in [0.4, 0.5) is 24.5 Å². The average molecular weight is 375 g/mol. The van der Waals surface area contributed by atoms with E-state index in [0.29, 0.717) is 10.6 Å². The summed E-state index contributed by atoms with van der Waals surface area (Å²) in [5.41, 5.74) is 6.14. The van der Waals surface area contributed by atoms with Gasteiger partial charge in [-0.3, -0.25) is 0 Å². The van der Waals surface area contributed by atoms with Crippen molar-refractivity contribution in [2.24, 2.45) is 10.7 Å². The predicted molar refractivity (Wildman–Crippen MR) is 102 cm³/mol. The van der Waals surface area contributed by atoms with E-state index in [-0.39, 0.29) is 11.6 Å². The minimum atomic E-state index is -4.42. The van der Waals surface area contributed by atoms with Crippen molar-refractivity contribution in [3.8, 4) is 0 Å². The molecule has 0 spiro atoms. The lowest BCUT2D eigenvalue weighted by molar-refractivity contribution is -0.137. The second-order valence-corrected chi connectivity index (χ2v) is 6.38. The van der Waals surface area contributed by atoms with Gasteiger partial charge in [0.05, 0.1) is 16.9 Å². The topological polar surface area (TPSA) is 50.4 Å². The summed E-state index contributed by atoms with van der Waals surface area (Å²) in [6.45, 7) is 0. The van der Waals surface area contributed by atoms with E-state index < -0.39 is 11.7 Å². The molecule has 7 heteroatoms. The number of hydrogen-bond acceptors (Lipinski definition) is 2. The first-order valence-corrected chi connectivity index (χ1v) is 8.95. The van der Waals surface area contributed by atoms with Gasteiger partial charge in [0.2, 0.25) is 0 Å². The number of hydrogen-bond donors (Lipinski definition) is 2. The van der Waals surface area contributed by atoms with E-state index in [0.717, 1.165) is 22.9 Å². The third-order valence-corrected chi connectivity index (χ3v) is 4.59. The van der Waals surface area contributed by atoms with Crippen LogP contribution in [0.15, 0.2) is 70.6 Å². The van der Waals surface area contributed by atoms with Gasteiger partial charge in [0.1, 0.15) is 0 Å². The molecule has 0 bridgehead atoms. The Bertz CT molecular complexity index is 962. The molecule has 3 aromatic carbocycles. The van der Waals surface area contributed by atoms with Gasteiger partial charge in [0, 0.05) is 10.3 Å². The van der Waals surface area contributed by atoms with Crippen LogP contribution in [0.25, 0.3) is 10.8 Å². The largest absolute Gasteiger partial charge is 0.416 e. The number of benzene rings is 3. The van der Waals surface area contributed by atoms with Gasteiger partial charge in [-0.15, -0.1) is 11.8 Å². The van der Waals surface area contributed by atoms with Crippen molar-refractivity contribution >= 4 is 39.9 Å². The lowest BCUT2D eigenvalue weighted by atomic mass is 10.1. The summed E-state index contributed by atoms with van der Waals surface area (Å²) in [4.78, 5) is 4.99. The molecule has 0 aromatic heterocycles. The SMILES string of the molecule is CSc1ccc(C(F)(F)F)cc1NC(N)=Nc1cccc2ccccc12. The van der Waals surface area contributed by atoms with E-state index in [2.05, 4.69) is 10.3 Å². The Balaban J connectivity index is 1.96. The van der Waals surface area contributed by atoms with E-state index in [1.54, 1.807) is 12.3 Å². The van der Waals surface area contributed by atoms with Crippen molar-refractivity contribution in [2.45, 2.75) is 11.1 Å². The minimum absolute atomic E-state index is 0.0241. The molecule has 3 N–H and O–H groups in total. The molecule has 0 radical (unpaired) electrons. The fourth-order valence-electron chi connectivity index (χ4n) is 2.58. The molecule has 0 unspecified atom stereocenters. The molecular formula is C19H16F3N3S. The summed E-state index contributed by atoms with van der Waals surface area (Å²) in [7, 11) is 0. The second kappa shape index (κ2) is 7.29. The Kier molecular flexibility index (Phi) is 5.08. The molecule has 0 atom stereocenters. The zero-order valence-electron chi connectivity index (χ0n) is 13.8. The first kappa shape index (κ1) is 18.1. The Labute approximate surface area is 153 Å². The van der Waals surface area contributed by atoms with Crippen LogP contribution in [0.2, 0.25) is 0 Å². The molecule has 0 aliphatic rings. The monoisotopic (exact) mass is 375 g/mol. The fraction of sp³-hybridized carbons (Fsp3) is 0.105. The molecule has 0 heterocycles. The van der Waals surface area contributed by atoms with Gasteiger partial charge in [-0.05, 0) is 35.9 Å². The summed E-state index contributed by atoms with van der Waals surface area (Å²) in [5, 5.41) is 4.71. The minimum Gasteiger partial charge on any atom is -0.369 e. The van der Waals surface area contributed by atoms with Crippen LogP contribution in [-0.2, 0) is 6.18 Å². The van der Waals surface area contributed by atoms with Gasteiger partial charge in [-0.1, -0.05) is 36.4 Å². The highest BCUT2D eigenvalue weighted by Gasteiger charge is 2.31. The van der Waals surface area contributed by atoms with Gasteiger partial charge in [-0.2, -0.15) is 13.2 Å². The van der Waals surface area contributed by atoms with E-state index >= 15 is 0 Å². The maximum atomic E-state index is 13.0. The fourth-order valence-corrected chi connectivity index (χ4v) is 3.12. The molecule has 0 aliphatic carbocycles. The number of fused-ring (bicyclic) bond motifs is 1. The third kappa shape index (κ3) is 3.94. The smallest absolute Gasteiger partial charge is 0.369 e. The van der Waals surface area contributed by atoms with E-state index in [1.165, 1.54) is 17.8 Å². The third-order valence-electron chi connectivity index (χ3n) is 3.80. The summed E-state index contributed by atoms with van der Waals surface area (Å²) in [6, 6.07) is 16.8. The van der Waals surface area contributed by atoms with Crippen LogP contribution in [0.3, 0.4) is 0 Å². The Morgan fingerprint density at radius 2 is 1.77 bits per heavy atom. The maximum Gasteiger partial charge on any atom is 0.416 e. The summed E-state index contributed by atoms with van der Waals surface area (Å²) >= 11 is 1.33. The van der Waals surface area contributed by atoms with Crippen LogP contribution in [-0.4, -0.2) is 12.2 Å². The highest BCUT2D eigenvalue weighted by Crippen LogP contribution is 2.35. The Morgan fingerprint density at radius 1 is 1.04 bits per heavy atom. The highest BCUT2D eigenvalue weighted by atomic mass is 32.2. The van der Waals surface area contributed by atoms with Gasteiger partial charge in [0.15, 0.2) is 5.96 Å². The number of anilines is 1. The summed E-state index contributed by atoms with van der Waals surface area (Å²) < 4.78 is 38.9. The van der Waals surface area contributed by atoms with E-state index in [1.807, 2.05) is 36.4 Å². The van der Waals surface area contributed by atoms with Crippen molar-refractivity contribution < 1.29 is 13.2 Å². The molecule has 3 aromatic rings. The maximum absolute atomic E-state index is 13.0. The van der Waals surface area contributed by atoms with Gasteiger partial charge in [-0.25, -0.2) is 4.99 Å². The van der Waals surface area contributed by atoms with E-state index in [9.17, 15) is 13.2 Å². The highest BCUT2D eigenvalue weighted by molar-refractivity contribution is 7.98. The van der Waals surface area contributed by atoms with Crippen LogP contribution < -0.4 is 11.1 Å². The zero-order valence-corrected chi connectivity index (χ0v) is 14.7. The van der Waals surface area contributed by atoms with Crippen molar-refractivity contribution in [1.29, 1.82) is 0 Å². The molecule has 0 amide bonds. The predicted octanol–water partition coefficient (Wildman–Crippen LogP) is 5.64. The van der Waals surface area contributed by atoms with Gasteiger partial charge in [0.25, 0.3) is 0 Å². The van der Waals surface area contributed by atoms with Crippen LogP contribution in [0, 0.1) is 0 Å². The molecule has 26 heavy (non-hydrogen) atoms.